The number of anilines is 2. The molecule has 4 aromatic rings. The second kappa shape index (κ2) is 19.4. The molecule has 2 saturated heterocycles. The molecule has 0 aliphatic carbocycles. The fourth-order valence-electron chi connectivity index (χ4n) is 7.62. The summed E-state index contributed by atoms with van der Waals surface area (Å²) in [6, 6.07) is 13.0. The van der Waals surface area contributed by atoms with E-state index < -0.39 is 29.7 Å². The first kappa shape index (κ1) is 43.5. The van der Waals surface area contributed by atoms with Crippen molar-refractivity contribution in [2.45, 2.75) is 49.5 Å². The highest BCUT2D eigenvalue weighted by Crippen LogP contribution is 2.41. The van der Waals surface area contributed by atoms with E-state index in [1.165, 1.54) is 25.1 Å². The molecule has 1 unspecified atom stereocenters. The first-order valence-corrected chi connectivity index (χ1v) is 21.6. The number of nitrogens with zero attached hydrogens (tertiary/aromatic N) is 5. The van der Waals surface area contributed by atoms with Gasteiger partial charge in [-0.2, -0.15) is 5.26 Å². The molecule has 61 heavy (non-hydrogen) atoms. The first-order chi connectivity index (χ1) is 29.5. The number of benzene rings is 3. The Balaban J connectivity index is 0.842. The molecular formula is C43H43Cl2N7O8S. The average Bonchev–Trinajstić information content (AvgIpc) is 3.51. The lowest BCUT2D eigenvalue weighted by Crippen LogP contribution is -2.54. The van der Waals surface area contributed by atoms with Gasteiger partial charge in [0.2, 0.25) is 17.7 Å². The number of piperazine rings is 1. The summed E-state index contributed by atoms with van der Waals surface area (Å²) in [5, 5.41) is 16.7. The van der Waals surface area contributed by atoms with Crippen LogP contribution in [0.5, 0.6) is 17.2 Å². The van der Waals surface area contributed by atoms with Crippen LogP contribution in [0.4, 0.5) is 11.4 Å². The molecule has 2 fully saturated rings. The molecule has 4 heterocycles. The third-order valence-electron chi connectivity index (χ3n) is 10.8. The maximum Gasteiger partial charge on any atom is 0.263 e. The van der Waals surface area contributed by atoms with Crippen LogP contribution in [0.2, 0.25) is 10.0 Å². The van der Waals surface area contributed by atoms with Crippen LogP contribution >= 0.6 is 35.0 Å². The largest absolute Gasteiger partial charge is 0.495 e. The number of imide groups is 2. The van der Waals surface area contributed by atoms with E-state index in [2.05, 4.69) is 26.6 Å². The van der Waals surface area contributed by atoms with Crippen LogP contribution in [0.1, 0.15) is 64.8 Å². The van der Waals surface area contributed by atoms with Crippen LogP contribution in [0.3, 0.4) is 0 Å². The highest BCUT2D eigenvalue weighted by atomic mass is 35.5. The minimum atomic E-state index is -1.01. The molecule has 2 N–H and O–H groups in total. The molecule has 15 nitrogen and oxygen atoms in total. The predicted octanol–water partition coefficient (Wildman–Crippen LogP) is 6.45. The van der Waals surface area contributed by atoms with Gasteiger partial charge in [-0.25, -0.2) is 0 Å². The Labute approximate surface area is 366 Å². The topological polar surface area (TPSA) is 183 Å². The number of fused-ring (bicyclic) bond motifs is 2. The number of pyridine rings is 1. The van der Waals surface area contributed by atoms with Gasteiger partial charge in [-0.15, -0.1) is 11.8 Å². The molecule has 3 aliphatic rings. The lowest BCUT2D eigenvalue weighted by atomic mass is 10.0. The van der Waals surface area contributed by atoms with Crippen LogP contribution in [-0.4, -0.2) is 115 Å². The number of methoxy groups -OCH3 is 2. The predicted molar refractivity (Wildman–Crippen MR) is 230 cm³/mol. The fraction of sp³-hybridized carbons (Fsp3) is 0.372. The van der Waals surface area contributed by atoms with Gasteiger partial charge in [-0.3, -0.25) is 44.1 Å². The lowest BCUT2D eigenvalue weighted by Gasteiger charge is -2.34. The summed E-state index contributed by atoms with van der Waals surface area (Å²) in [5.74, 6) is 0.0814. The summed E-state index contributed by atoms with van der Waals surface area (Å²) in [4.78, 5) is 74.0. The zero-order valence-corrected chi connectivity index (χ0v) is 35.9. The Bertz CT molecular complexity index is 2440. The number of hydrogen-bond donors (Lipinski definition) is 2. The van der Waals surface area contributed by atoms with Gasteiger partial charge >= 0.3 is 0 Å². The van der Waals surface area contributed by atoms with E-state index in [0.29, 0.717) is 98.3 Å². The Morgan fingerprint density at radius 3 is 2.49 bits per heavy atom. The van der Waals surface area contributed by atoms with Crippen molar-refractivity contribution in [2.75, 3.05) is 64.6 Å². The molecule has 7 rings (SSSR count). The lowest BCUT2D eigenvalue weighted by molar-refractivity contribution is -0.136. The normalized spacial score (nSPS) is 16.7. The van der Waals surface area contributed by atoms with Gasteiger partial charge < -0.3 is 24.4 Å². The van der Waals surface area contributed by atoms with Crippen LogP contribution in [0, 0.1) is 11.3 Å². The summed E-state index contributed by atoms with van der Waals surface area (Å²) in [6.07, 6.45) is 4.25. The number of rotatable bonds is 16. The first-order valence-electron chi connectivity index (χ1n) is 19.8. The van der Waals surface area contributed by atoms with Crippen molar-refractivity contribution < 1.29 is 38.2 Å². The standard InChI is InChI=1S/C43H43Cl2N7O8S/c1-58-33-22-31(28(44)20-29(33)45)48-40-25(23-46)24-47-30-21-35(34(59-2)19-27(30)40)60-17-6-12-50-13-15-51(16-14-50)38(54)9-3-4-18-61-36-8-5-7-26-39(36)43(57)52(42(26)56)32-10-11-37(53)49-41(32)55/h5,7-8,19-22,24,32H,3-4,6,9-18H2,1-2H3,(H,47,48)(H,49,53,55). The molecule has 0 bridgehead atoms. The second-order valence-electron chi connectivity index (χ2n) is 14.6. The maximum absolute atomic E-state index is 13.4. The fourth-order valence-corrected chi connectivity index (χ4v) is 9.21. The molecule has 0 radical (unpaired) electrons. The average molecular weight is 889 g/mol. The number of nitriles is 1. The Morgan fingerprint density at radius 1 is 0.967 bits per heavy atom. The van der Waals surface area contributed by atoms with Crippen molar-refractivity contribution in [3.8, 4) is 23.3 Å². The van der Waals surface area contributed by atoms with Gasteiger partial charge in [-0.1, -0.05) is 29.3 Å². The maximum atomic E-state index is 13.4. The molecule has 5 amide bonds. The molecule has 0 spiro atoms. The number of aromatic nitrogens is 1. The molecular weight excluding hydrogens is 845 g/mol. The van der Waals surface area contributed by atoms with Crippen molar-refractivity contribution >= 4 is 86.8 Å². The van der Waals surface area contributed by atoms with Gasteiger partial charge in [0.15, 0.2) is 11.5 Å². The summed E-state index contributed by atoms with van der Waals surface area (Å²) < 4.78 is 17.2. The number of hydrogen-bond acceptors (Lipinski definition) is 13. The molecule has 318 valence electrons. The molecule has 18 heteroatoms. The third kappa shape index (κ3) is 9.50. The number of ether oxygens (including phenoxy) is 3. The summed E-state index contributed by atoms with van der Waals surface area (Å²) in [6.45, 7) is 4.02. The van der Waals surface area contributed by atoms with Crippen LogP contribution < -0.4 is 24.8 Å². The summed E-state index contributed by atoms with van der Waals surface area (Å²) >= 11 is 14.2. The monoisotopic (exact) mass is 887 g/mol. The van der Waals surface area contributed by atoms with Gasteiger partial charge in [0, 0.05) is 74.2 Å². The summed E-state index contributed by atoms with van der Waals surface area (Å²) in [5.41, 5.74) is 2.43. The molecule has 3 aliphatic heterocycles. The highest BCUT2D eigenvalue weighted by Gasteiger charge is 2.45. The third-order valence-corrected chi connectivity index (χ3v) is 12.6. The second-order valence-corrected chi connectivity index (χ2v) is 16.6. The number of thioether (sulfide) groups is 1. The van der Waals surface area contributed by atoms with Crippen molar-refractivity contribution in [1.82, 2.24) is 25.0 Å². The van der Waals surface area contributed by atoms with E-state index in [9.17, 15) is 29.2 Å². The number of carbonyl (C=O) groups is 5. The van der Waals surface area contributed by atoms with Crippen molar-refractivity contribution in [1.29, 1.82) is 5.26 Å². The minimum Gasteiger partial charge on any atom is -0.495 e. The van der Waals surface area contributed by atoms with Gasteiger partial charge in [0.25, 0.3) is 11.8 Å². The van der Waals surface area contributed by atoms with Crippen LogP contribution in [-0.2, 0) is 14.4 Å². The number of amides is 5. The van der Waals surface area contributed by atoms with Gasteiger partial charge in [0.1, 0.15) is 17.9 Å². The Morgan fingerprint density at radius 2 is 1.75 bits per heavy atom. The van der Waals surface area contributed by atoms with Crippen molar-refractivity contribution in [2.24, 2.45) is 0 Å². The van der Waals surface area contributed by atoms with Crippen LogP contribution in [0.15, 0.2) is 53.6 Å². The number of halogens is 2. The minimum absolute atomic E-state index is 0.0637. The van der Waals surface area contributed by atoms with Gasteiger partial charge in [0.05, 0.1) is 64.5 Å². The smallest absolute Gasteiger partial charge is 0.263 e. The van der Waals surface area contributed by atoms with Crippen molar-refractivity contribution in [3.63, 3.8) is 0 Å². The number of nitrogens with one attached hydrogen (secondary N) is 2. The van der Waals surface area contributed by atoms with E-state index in [0.717, 1.165) is 37.4 Å². The highest BCUT2D eigenvalue weighted by molar-refractivity contribution is 7.99. The van der Waals surface area contributed by atoms with E-state index in [1.807, 2.05) is 4.90 Å². The van der Waals surface area contributed by atoms with E-state index in [1.54, 1.807) is 49.6 Å². The Hall–Kier alpha value is -5.60. The number of unbranched alkanes of at least 4 members (excludes halogenated alkanes) is 1. The van der Waals surface area contributed by atoms with Gasteiger partial charge in [-0.05, 0) is 55.7 Å². The summed E-state index contributed by atoms with van der Waals surface area (Å²) in [7, 11) is 3.05. The van der Waals surface area contributed by atoms with E-state index in [-0.39, 0.29) is 29.9 Å². The molecule has 3 aromatic carbocycles. The quantitative estimate of drug-likeness (QED) is 0.0712. The SMILES string of the molecule is COc1cc(Nc2c(C#N)cnc3cc(OCCCN4CCN(C(=O)CCCCSc5cccc6c5C(=O)N(C5CCC(=O)NC5=O)C6=O)CC4)c(OC)cc23)c(Cl)cc1Cl. The molecule has 1 aromatic heterocycles. The van der Waals surface area contributed by atoms with Crippen molar-refractivity contribution in [3.05, 3.63) is 75.4 Å². The van der Waals surface area contributed by atoms with E-state index >= 15 is 0 Å². The zero-order chi connectivity index (χ0) is 43.2. The zero-order valence-electron chi connectivity index (χ0n) is 33.6. The molecule has 1 atom stereocenters. The van der Waals surface area contributed by atoms with E-state index in [4.69, 9.17) is 37.4 Å². The number of carbonyl (C=O) groups excluding carboxylic acids is 5. The molecule has 0 saturated carbocycles. The number of piperidine rings is 1. The van der Waals surface area contributed by atoms with Crippen LogP contribution in [0.25, 0.3) is 10.9 Å². The Kier molecular flexibility index (Phi) is 13.8.